The standard InChI is InChI=1S/C14H18BrFN2O/c1-18(13-4-2-12(17)3-5-13)14(19)9-6-10(15)8-11(16)7-9/h6-8,12-13H,2-5,17H2,1H3. The Labute approximate surface area is 121 Å². The van der Waals surface area contributed by atoms with Crippen molar-refractivity contribution in [2.24, 2.45) is 5.73 Å². The number of nitrogens with two attached hydrogens (primary N) is 1. The van der Waals surface area contributed by atoms with Crippen molar-refractivity contribution in [1.82, 2.24) is 4.90 Å². The van der Waals surface area contributed by atoms with Crippen LogP contribution in [0, 0.1) is 5.82 Å². The van der Waals surface area contributed by atoms with Gasteiger partial charge in [-0.15, -0.1) is 0 Å². The second kappa shape index (κ2) is 6.01. The molecule has 0 heterocycles. The summed E-state index contributed by atoms with van der Waals surface area (Å²) in [5, 5.41) is 0. The van der Waals surface area contributed by atoms with E-state index in [-0.39, 0.29) is 18.0 Å². The van der Waals surface area contributed by atoms with Crippen molar-refractivity contribution < 1.29 is 9.18 Å². The third-order valence-corrected chi connectivity index (χ3v) is 4.18. The Morgan fingerprint density at radius 1 is 1.32 bits per heavy atom. The first-order valence-electron chi connectivity index (χ1n) is 6.46. The molecule has 0 radical (unpaired) electrons. The molecular weight excluding hydrogens is 311 g/mol. The lowest BCUT2D eigenvalue weighted by Gasteiger charge is -2.33. The van der Waals surface area contributed by atoms with Gasteiger partial charge in [-0.1, -0.05) is 15.9 Å². The Kier molecular flexibility index (Phi) is 4.58. The molecule has 0 atom stereocenters. The maximum atomic E-state index is 13.3. The summed E-state index contributed by atoms with van der Waals surface area (Å²) in [6, 6.07) is 4.72. The average Bonchev–Trinajstić information content (AvgIpc) is 2.37. The summed E-state index contributed by atoms with van der Waals surface area (Å²) in [4.78, 5) is 14.1. The maximum Gasteiger partial charge on any atom is 0.253 e. The van der Waals surface area contributed by atoms with E-state index >= 15 is 0 Å². The lowest BCUT2D eigenvalue weighted by atomic mass is 9.90. The summed E-state index contributed by atoms with van der Waals surface area (Å²) < 4.78 is 13.9. The van der Waals surface area contributed by atoms with E-state index in [1.165, 1.54) is 12.1 Å². The highest BCUT2D eigenvalue weighted by molar-refractivity contribution is 9.10. The molecule has 19 heavy (non-hydrogen) atoms. The molecule has 5 heteroatoms. The summed E-state index contributed by atoms with van der Waals surface area (Å²) in [5.41, 5.74) is 6.24. The van der Waals surface area contributed by atoms with Crippen LogP contribution in [0.1, 0.15) is 36.0 Å². The van der Waals surface area contributed by atoms with Crippen molar-refractivity contribution in [3.63, 3.8) is 0 Å². The van der Waals surface area contributed by atoms with E-state index in [1.54, 1.807) is 18.0 Å². The molecule has 2 N–H and O–H groups in total. The topological polar surface area (TPSA) is 46.3 Å². The number of benzene rings is 1. The zero-order valence-corrected chi connectivity index (χ0v) is 12.5. The van der Waals surface area contributed by atoms with Gasteiger partial charge in [0.25, 0.3) is 5.91 Å². The van der Waals surface area contributed by atoms with Crippen molar-refractivity contribution in [3.8, 4) is 0 Å². The molecule has 104 valence electrons. The molecule has 1 aliphatic carbocycles. The van der Waals surface area contributed by atoms with Gasteiger partial charge in [-0.25, -0.2) is 4.39 Å². The minimum absolute atomic E-state index is 0.138. The minimum Gasteiger partial charge on any atom is -0.339 e. The first kappa shape index (κ1) is 14.5. The molecular formula is C14H18BrFN2O. The fourth-order valence-electron chi connectivity index (χ4n) is 2.54. The predicted molar refractivity (Wildman–Crippen MR) is 76.4 cm³/mol. The third-order valence-electron chi connectivity index (χ3n) is 3.72. The number of rotatable bonds is 2. The average molecular weight is 329 g/mol. The molecule has 2 rings (SSSR count). The van der Waals surface area contributed by atoms with Crippen molar-refractivity contribution in [1.29, 1.82) is 0 Å². The Bertz CT molecular complexity index is 452. The van der Waals surface area contributed by atoms with E-state index in [2.05, 4.69) is 15.9 Å². The fourth-order valence-corrected chi connectivity index (χ4v) is 3.00. The van der Waals surface area contributed by atoms with Crippen LogP contribution in [0.5, 0.6) is 0 Å². The first-order chi connectivity index (χ1) is 8.97. The summed E-state index contributed by atoms with van der Waals surface area (Å²) in [7, 11) is 1.78. The van der Waals surface area contributed by atoms with E-state index in [0.717, 1.165) is 25.7 Å². The van der Waals surface area contributed by atoms with Crippen molar-refractivity contribution in [2.45, 2.75) is 37.8 Å². The highest BCUT2D eigenvalue weighted by Gasteiger charge is 2.25. The van der Waals surface area contributed by atoms with E-state index < -0.39 is 5.82 Å². The summed E-state index contributed by atoms with van der Waals surface area (Å²) in [5.74, 6) is -0.544. The van der Waals surface area contributed by atoms with Crippen molar-refractivity contribution in [3.05, 3.63) is 34.1 Å². The van der Waals surface area contributed by atoms with E-state index in [9.17, 15) is 9.18 Å². The van der Waals surface area contributed by atoms with Gasteiger partial charge in [-0.3, -0.25) is 4.79 Å². The van der Waals surface area contributed by atoms with Crippen molar-refractivity contribution in [2.75, 3.05) is 7.05 Å². The van der Waals surface area contributed by atoms with Gasteiger partial charge in [0.05, 0.1) is 0 Å². The van der Waals surface area contributed by atoms with Crippen LogP contribution in [-0.2, 0) is 0 Å². The lowest BCUT2D eigenvalue weighted by molar-refractivity contribution is 0.0689. The highest BCUT2D eigenvalue weighted by atomic mass is 79.9. The largest absolute Gasteiger partial charge is 0.339 e. The van der Waals surface area contributed by atoms with Crippen LogP contribution in [0.25, 0.3) is 0 Å². The number of nitrogens with zero attached hydrogens (tertiary/aromatic N) is 1. The third kappa shape index (κ3) is 3.54. The van der Waals surface area contributed by atoms with E-state index in [1.807, 2.05) is 0 Å². The molecule has 1 saturated carbocycles. The van der Waals surface area contributed by atoms with Gasteiger partial charge in [0.1, 0.15) is 5.82 Å². The SMILES string of the molecule is CN(C(=O)c1cc(F)cc(Br)c1)C1CCC(N)CC1. The van der Waals surface area contributed by atoms with Gasteiger partial charge >= 0.3 is 0 Å². The van der Waals surface area contributed by atoms with Gasteiger partial charge in [-0.2, -0.15) is 0 Å². The number of halogens is 2. The molecule has 0 saturated heterocycles. The molecule has 0 aromatic heterocycles. The van der Waals surface area contributed by atoms with E-state index in [0.29, 0.717) is 10.0 Å². The summed E-state index contributed by atoms with van der Waals surface area (Å²) in [6.45, 7) is 0. The number of amides is 1. The van der Waals surface area contributed by atoms with Crippen LogP contribution >= 0.6 is 15.9 Å². The van der Waals surface area contributed by atoms with Gasteiger partial charge in [0.2, 0.25) is 0 Å². The lowest BCUT2D eigenvalue weighted by Crippen LogP contribution is -2.41. The quantitative estimate of drug-likeness (QED) is 0.907. The molecule has 1 fully saturated rings. The fraction of sp³-hybridized carbons (Fsp3) is 0.500. The zero-order chi connectivity index (χ0) is 14.0. The minimum atomic E-state index is -0.406. The van der Waals surface area contributed by atoms with Crippen LogP contribution in [0.15, 0.2) is 22.7 Å². The first-order valence-corrected chi connectivity index (χ1v) is 7.25. The Balaban J connectivity index is 2.10. The number of hydrogen-bond acceptors (Lipinski definition) is 2. The molecule has 3 nitrogen and oxygen atoms in total. The Morgan fingerprint density at radius 2 is 1.95 bits per heavy atom. The van der Waals surface area contributed by atoms with Crippen molar-refractivity contribution >= 4 is 21.8 Å². The molecule has 1 aromatic rings. The van der Waals surface area contributed by atoms with Crippen LogP contribution in [0.4, 0.5) is 4.39 Å². The monoisotopic (exact) mass is 328 g/mol. The number of hydrogen-bond donors (Lipinski definition) is 1. The molecule has 0 bridgehead atoms. The normalized spacial score (nSPS) is 23.2. The summed E-state index contributed by atoms with van der Waals surface area (Å²) >= 11 is 3.21. The van der Waals surface area contributed by atoms with Crippen LogP contribution < -0.4 is 5.73 Å². The highest BCUT2D eigenvalue weighted by Crippen LogP contribution is 2.23. The second-order valence-corrected chi connectivity index (χ2v) is 6.06. The molecule has 1 aromatic carbocycles. The second-order valence-electron chi connectivity index (χ2n) is 5.14. The maximum absolute atomic E-state index is 13.3. The van der Waals surface area contributed by atoms with Gasteiger partial charge < -0.3 is 10.6 Å². The van der Waals surface area contributed by atoms with Gasteiger partial charge in [0, 0.05) is 29.2 Å². The Hall–Kier alpha value is -0.940. The Morgan fingerprint density at radius 3 is 2.53 bits per heavy atom. The van der Waals surface area contributed by atoms with Gasteiger partial charge in [-0.05, 0) is 43.9 Å². The van der Waals surface area contributed by atoms with E-state index in [4.69, 9.17) is 5.73 Å². The molecule has 0 aliphatic heterocycles. The number of carbonyl (C=O) groups is 1. The zero-order valence-electron chi connectivity index (χ0n) is 10.9. The van der Waals surface area contributed by atoms with Gasteiger partial charge in [0.15, 0.2) is 0 Å². The summed E-state index contributed by atoms with van der Waals surface area (Å²) in [6.07, 6.45) is 3.71. The molecule has 1 aliphatic rings. The molecule has 1 amide bonds. The molecule has 0 spiro atoms. The van der Waals surface area contributed by atoms with Crippen LogP contribution in [-0.4, -0.2) is 29.9 Å². The van der Waals surface area contributed by atoms with Crippen LogP contribution in [0.3, 0.4) is 0 Å². The smallest absolute Gasteiger partial charge is 0.253 e. The predicted octanol–water partition coefficient (Wildman–Crippen LogP) is 2.93. The van der Waals surface area contributed by atoms with Crippen LogP contribution in [0.2, 0.25) is 0 Å². The number of carbonyl (C=O) groups excluding carboxylic acids is 1. The molecule has 0 unspecified atom stereocenters.